The van der Waals surface area contributed by atoms with Crippen LogP contribution in [0.1, 0.15) is 55.1 Å². The van der Waals surface area contributed by atoms with Gasteiger partial charge >= 0.3 is 5.97 Å². The van der Waals surface area contributed by atoms with Gasteiger partial charge in [-0.3, -0.25) is 9.59 Å². The third kappa shape index (κ3) is 8.40. The predicted octanol–water partition coefficient (Wildman–Crippen LogP) is 5.34. The fourth-order valence-corrected chi connectivity index (χ4v) is 5.30. The van der Waals surface area contributed by atoms with Crippen molar-refractivity contribution in [2.75, 3.05) is 5.32 Å². The molecule has 0 aliphatic heterocycles. The number of aliphatic hydroxyl groups excluding tert-OH is 2. The molecule has 9 nitrogen and oxygen atoms in total. The van der Waals surface area contributed by atoms with Crippen LogP contribution in [-0.2, 0) is 11.3 Å². The molecule has 0 saturated carbocycles. The van der Waals surface area contributed by atoms with E-state index in [4.69, 9.17) is 5.11 Å². The molecule has 3 aromatic carbocycles. The molecule has 2 atom stereocenters. The van der Waals surface area contributed by atoms with E-state index in [1.54, 1.807) is 12.1 Å². The van der Waals surface area contributed by atoms with Crippen molar-refractivity contribution in [2.45, 2.75) is 57.8 Å². The Balaban J connectivity index is 0.00000529. The Morgan fingerprint density at radius 2 is 1.57 bits per heavy atom. The minimum atomic E-state index is -1.22. The van der Waals surface area contributed by atoms with E-state index in [-0.39, 0.29) is 80.2 Å². The van der Waals surface area contributed by atoms with Gasteiger partial charge in [0.25, 0.3) is 5.91 Å². The Kier molecular flexibility index (Phi) is 12.4. The molecule has 0 fully saturated rings. The van der Waals surface area contributed by atoms with Gasteiger partial charge in [0, 0.05) is 61.6 Å². The predicted molar refractivity (Wildman–Crippen MR) is 166 cm³/mol. The van der Waals surface area contributed by atoms with Crippen LogP contribution in [0.2, 0.25) is 0 Å². The van der Waals surface area contributed by atoms with Crippen molar-refractivity contribution < 1.29 is 39.5 Å². The second-order valence-electron chi connectivity index (χ2n) is 10.7. The number of carbonyl (C=O) groups is 2. The summed E-state index contributed by atoms with van der Waals surface area (Å²) in [5, 5.41) is 52.6. The van der Waals surface area contributed by atoms with Crippen LogP contribution in [0.5, 0.6) is 11.5 Å². The molecule has 4 rings (SSSR count). The van der Waals surface area contributed by atoms with E-state index in [2.05, 4.69) is 5.32 Å². The largest absolute Gasteiger partial charge is 0.508 e. The van der Waals surface area contributed by atoms with E-state index in [1.165, 1.54) is 24.3 Å². The van der Waals surface area contributed by atoms with Gasteiger partial charge in [-0.2, -0.15) is 0 Å². The normalized spacial score (nSPS) is 12.4. The third-order valence-electron chi connectivity index (χ3n) is 7.13. The second-order valence-corrected chi connectivity index (χ2v) is 10.7. The Hall–Kier alpha value is -3.41. The molecule has 0 saturated heterocycles. The van der Waals surface area contributed by atoms with Crippen molar-refractivity contribution in [1.29, 1.82) is 0 Å². The molecule has 2 radical (unpaired) electrons. The minimum Gasteiger partial charge on any atom is -0.508 e. The van der Waals surface area contributed by atoms with Gasteiger partial charge < -0.3 is 35.4 Å². The Morgan fingerprint density at radius 3 is 2.16 bits per heavy atom. The first-order valence-corrected chi connectivity index (χ1v) is 13.9. The van der Waals surface area contributed by atoms with Crippen LogP contribution in [0.25, 0.3) is 22.4 Å². The Labute approximate surface area is 284 Å². The molecular formula is C33H35CaFN2O7. The Morgan fingerprint density at radius 1 is 0.909 bits per heavy atom. The van der Waals surface area contributed by atoms with Crippen LogP contribution in [0, 0.1) is 5.82 Å². The fraction of sp³-hybridized carbons (Fsp3) is 0.273. The summed E-state index contributed by atoms with van der Waals surface area (Å²) in [4.78, 5) is 25.1. The van der Waals surface area contributed by atoms with Gasteiger partial charge in [0.2, 0.25) is 0 Å². The summed E-state index contributed by atoms with van der Waals surface area (Å²) in [6.45, 7) is 4.02. The molecule has 11 heteroatoms. The van der Waals surface area contributed by atoms with Crippen molar-refractivity contribution in [1.82, 2.24) is 4.57 Å². The van der Waals surface area contributed by atoms with Crippen molar-refractivity contribution in [3.8, 4) is 33.9 Å². The Bertz CT molecular complexity index is 1590. The quantitative estimate of drug-likeness (QED) is 0.0702. The fourth-order valence-electron chi connectivity index (χ4n) is 5.30. The number of benzene rings is 3. The van der Waals surface area contributed by atoms with Gasteiger partial charge in [-0.25, -0.2) is 4.39 Å². The molecule has 0 spiro atoms. The maximum Gasteiger partial charge on any atom is 0.305 e. The number of phenolic OH excluding ortho intramolecular Hbond substituents is 2. The number of anilines is 1. The third-order valence-corrected chi connectivity index (χ3v) is 7.13. The molecule has 6 N–H and O–H groups in total. The number of amides is 1. The molecule has 1 aromatic heterocycles. The van der Waals surface area contributed by atoms with E-state index in [9.17, 15) is 34.4 Å². The maximum absolute atomic E-state index is 14.1. The smallest absolute Gasteiger partial charge is 0.305 e. The first-order chi connectivity index (χ1) is 20.5. The van der Waals surface area contributed by atoms with Crippen LogP contribution < -0.4 is 5.32 Å². The summed E-state index contributed by atoms with van der Waals surface area (Å²) >= 11 is 0. The summed E-state index contributed by atoms with van der Waals surface area (Å²) in [5.41, 5.74) is 3.52. The number of aliphatic hydroxyl groups is 2. The number of aromatic nitrogens is 1. The van der Waals surface area contributed by atoms with Gasteiger partial charge in [-0.05, 0) is 66.3 Å². The van der Waals surface area contributed by atoms with Crippen LogP contribution in [-0.4, -0.2) is 91.9 Å². The zero-order valence-electron chi connectivity index (χ0n) is 24.6. The molecule has 1 amide bonds. The number of aliphatic carboxylic acids is 1. The van der Waals surface area contributed by atoms with Gasteiger partial charge in [0.1, 0.15) is 17.3 Å². The van der Waals surface area contributed by atoms with Crippen molar-refractivity contribution in [3.63, 3.8) is 0 Å². The van der Waals surface area contributed by atoms with E-state index < -0.39 is 36.3 Å². The molecule has 44 heavy (non-hydrogen) atoms. The van der Waals surface area contributed by atoms with Gasteiger partial charge in [0.15, 0.2) is 0 Å². The molecule has 0 aliphatic rings. The van der Waals surface area contributed by atoms with E-state index in [0.29, 0.717) is 33.6 Å². The number of nitrogens with one attached hydrogen (secondary N) is 1. The van der Waals surface area contributed by atoms with Crippen molar-refractivity contribution >= 4 is 55.3 Å². The zero-order chi connectivity index (χ0) is 31.3. The van der Waals surface area contributed by atoms with Crippen molar-refractivity contribution in [3.05, 3.63) is 89.9 Å². The average molecular weight is 631 g/mol. The molecule has 228 valence electrons. The molecular weight excluding hydrogens is 595 g/mol. The number of carbonyl (C=O) groups excluding carboxylic acids is 1. The summed E-state index contributed by atoms with van der Waals surface area (Å²) in [5.74, 6) is -2.84. The number of phenols is 2. The van der Waals surface area contributed by atoms with E-state index in [0.717, 1.165) is 6.07 Å². The summed E-state index contributed by atoms with van der Waals surface area (Å²) in [6.07, 6.45) is -2.77. The van der Waals surface area contributed by atoms with Gasteiger partial charge in [0.05, 0.1) is 35.6 Å². The van der Waals surface area contributed by atoms with Crippen LogP contribution >= 0.6 is 0 Å². The van der Waals surface area contributed by atoms with Crippen LogP contribution in [0.15, 0.2) is 72.8 Å². The maximum atomic E-state index is 14.1. The standard InChI is InChI=1S/C33H35FN2O7.Ca/c1-19(2)31-30(33(43)35-26-13-12-23(37)17-27(26)40)29(20-6-4-3-5-7-20)32(21-8-10-22(34)11-9-21)36(31)15-14-24(38)16-25(39)18-28(41)42;/h3-13,17,19,24-25,37-40H,14-16,18H2,1-2H3,(H,35,43)(H,41,42);/t24-,25-;/m1./s1. The number of carboxylic acid groups (broad SMARTS) is 1. The molecule has 0 bridgehead atoms. The number of carboxylic acids is 1. The second kappa shape index (κ2) is 15.5. The molecule has 0 unspecified atom stereocenters. The number of rotatable bonds is 12. The first-order valence-electron chi connectivity index (χ1n) is 13.9. The molecule has 1 heterocycles. The molecule has 4 aromatic rings. The first kappa shape index (κ1) is 35.1. The summed E-state index contributed by atoms with van der Waals surface area (Å²) < 4.78 is 15.9. The number of hydrogen-bond acceptors (Lipinski definition) is 6. The number of halogens is 1. The average Bonchev–Trinajstić information content (AvgIpc) is 3.29. The SMILES string of the molecule is CC(C)c1c(C(=O)Nc2ccc(O)cc2O)c(-c2ccccc2)c(-c2ccc(F)cc2)n1CC[C@@H](O)C[C@@H](O)CC(=O)O.[Ca]. The number of nitrogens with zero attached hydrogens (tertiary/aromatic N) is 1. The van der Waals surface area contributed by atoms with Gasteiger partial charge in [-0.1, -0.05) is 44.2 Å². The van der Waals surface area contributed by atoms with E-state index in [1.807, 2.05) is 48.7 Å². The summed E-state index contributed by atoms with van der Waals surface area (Å²) in [6, 6.07) is 18.9. The van der Waals surface area contributed by atoms with Crippen molar-refractivity contribution in [2.24, 2.45) is 0 Å². The van der Waals surface area contributed by atoms with Crippen LogP contribution in [0.4, 0.5) is 10.1 Å². The monoisotopic (exact) mass is 630 g/mol. The zero-order valence-corrected chi connectivity index (χ0v) is 26.8. The van der Waals surface area contributed by atoms with Gasteiger partial charge in [-0.15, -0.1) is 0 Å². The minimum absolute atomic E-state index is 0. The number of hydrogen-bond donors (Lipinski definition) is 6. The van der Waals surface area contributed by atoms with Crippen LogP contribution in [0.3, 0.4) is 0 Å². The topological polar surface area (TPSA) is 152 Å². The number of aromatic hydroxyl groups is 2. The summed E-state index contributed by atoms with van der Waals surface area (Å²) in [7, 11) is 0. The van der Waals surface area contributed by atoms with E-state index >= 15 is 0 Å². The molecule has 0 aliphatic carbocycles.